The third-order valence-electron chi connectivity index (χ3n) is 4.11. The van der Waals surface area contributed by atoms with Crippen LogP contribution in [0.25, 0.3) is 0 Å². The van der Waals surface area contributed by atoms with Gasteiger partial charge in [0.2, 0.25) is 0 Å². The number of hydrogen-bond acceptors (Lipinski definition) is 0. The van der Waals surface area contributed by atoms with Crippen molar-refractivity contribution >= 4 is 0 Å². The van der Waals surface area contributed by atoms with Gasteiger partial charge in [-0.05, 0) is 19.8 Å². The summed E-state index contributed by atoms with van der Waals surface area (Å²) < 4.78 is 0. The summed E-state index contributed by atoms with van der Waals surface area (Å²) in [5.41, 5.74) is 0. The van der Waals surface area contributed by atoms with Gasteiger partial charge in [-0.25, -0.2) is 0 Å². The zero-order chi connectivity index (χ0) is 14.7. The first-order valence-electron chi connectivity index (χ1n) is 9.32. The van der Waals surface area contributed by atoms with Gasteiger partial charge in [-0.1, -0.05) is 109 Å². The molecule has 0 bridgehead atoms. The summed E-state index contributed by atoms with van der Waals surface area (Å²) in [5, 5.41) is 0. The Labute approximate surface area is 129 Å². The highest BCUT2D eigenvalue weighted by atomic mass is 14.0. The molecule has 0 saturated heterocycles. The lowest BCUT2D eigenvalue weighted by atomic mass is 10.0. The molecule has 0 rings (SSSR count). The highest BCUT2D eigenvalue weighted by Crippen LogP contribution is 2.13. The van der Waals surface area contributed by atoms with E-state index in [-0.39, 0.29) is 0 Å². The second-order valence-electron chi connectivity index (χ2n) is 6.16. The van der Waals surface area contributed by atoms with Crippen LogP contribution >= 0.6 is 0 Å². The van der Waals surface area contributed by atoms with Gasteiger partial charge >= 0.3 is 0 Å². The lowest BCUT2D eigenvalue weighted by Gasteiger charge is -2.03. The van der Waals surface area contributed by atoms with Crippen molar-refractivity contribution in [2.24, 2.45) is 0 Å². The van der Waals surface area contributed by atoms with Crippen molar-refractivity contribution < 1.29 is 0 Å². The van der Waals surface area contributed by atoms with E-state index in [1.807, 2.05) is 0 Å². The SMILES string of the molecule is [CH2]CCCCCCCCCCCCCCCCC=CC. The van der Waals surface area contributed by atoms with E-state index >= 15 is 0 Å². The van der Waals surface area contributed by atoms with E-state index < -0.39 is 0 Å². The molecule has 0 heteroatoms. The largest absolute Gasteiger partial charge is 0.0917 e. The molecule has 20 heavy (non-hydrogen) atoms. The van der Waals surface area contributed by atoms with Gasteiger partial charge in [-0.2, -0.15) is 0 Å². The molecule has 0 aromatic heterocycles. The van der Waals surface area contributed by atoms with Gasteiger partial charge in [0.25, 0.3) is 0 Å². The number of hydrogen-bond donors (Lipinski definition) is 0. The molecule has 0 aliphatic carbocycles. The minimum atomic E-state index is 1.12. The van der Waals surface area contributed by atoms with Crippen molar-refractivity contribution in [3.05, 3.63) is 19.1 Å². The van der Waals surface area contributed by atoms with E-state index in [9.17, 15) is 0 Å². The first-order valence-corrected chi connectivity index (χ1v) is 9.32. The van der Waals surface area contributed by atoms with Crippen molar-refractivity contribution in [1.82, 2.24) is 0 Å². The van der Waals surface area contributed by atoms with Gasteiger partial charge in [0.15, 0.2) is 0 Å². The Hall–Kier alpha value is -0.260. The maximum atomic E-state index is 3.89. The summed E-state index contributed by atoms with van der Waals surface area (Å²) in [6.45, 7) is 6.00. The summed E-state index contributed by atoms with van der Waals surface area (Å²) in [6, 6.07) is 0. The zero-order valence-electron chi connectivity index (χ0n) is 14.2. The lowest BCUT2D eigenvalue weighted by molar-refractivity contribution is 0.534. The van der Waals surface area contributed by atoms with Gasteiger partial charge in [-0.3, -0.25) is 0 Å². The predicted molar refractivity (Wildman–Crippen MR) is 94.0 cm³/mol. The van der Waals surface area contributed by atoms with E-state index in [0.29, 0.717) is 0 Å². The minimum absolute atomic E-state index is 1.12. The highest BCUT2D eigenvalue weighted by Gasteiger charge is 1.93. The molecule has 0 spiro atoms. The molecule has 0 nitrogen and oxygen atoms in total. The summed E-state index contributed by atoms with van der Waals surface area (Å²) in [4.78, 5) is 0. The highest BCUT2D eigenvalue weighted by molar-refractivity contribution is 4.76. The molecule has 0 aromatic carbocycles. The van der Waals surface area contributed by atoms with Crippen molar-refractivity contribution in [3.8, 4) is 0 Å². The second kappa shape index (κ2) is 18.7. The summed E-state index contributed by atoms with van der Waals surface area (Å²) >= 11 is 0. The lowest BCUT2D eigenvalue weighted by Crippen LogP contribution is -1.83. The number of unbranched alkanes of at least 4 members (excludes halogenated alkanes) is 15. The second-order valence-corrected chi connectivity index (χ2v) is 6.16. The smallest absolute Gasteiger partial charge is 0.0351 e. The molecule has 0 aromatic rings. The zero-order valence-corrected chi connectivity index (χ0v) is 14.2. The van der Waals surface area contributed by atoms with Crippen molar-refractivity contribution in [3.63, 3.8) is 0 Å². The Morgan fingerprint density at radius 1 is 0.550 bits per heavy atom. The molecule has 0 fully saturated rings. The Morgan fingerprint density at radius 3 is 1.25 bits per heavy atom. The van der Waals surface area contributed by atoms with Crippen LogP contribution in [-0.4, -0.2) is 0 Å². The molecule has 0 N–H and O–H groups in total. The Bertz CT molecular complexity index is 180. The fraction of sp³-hybridized carbons (Fsp3) is 0.850. The Kier molecular flexibility index (Phi) is 18.5. The maximum Gasteiger partial charge on any atom is -0.0351 e. The summed E-state index contributed by atoms with van der Waals surface area (Å²) in [6.07, 6.45) is 27.0. The maximum absolute atomic E-state index is 3.89. The van der Waals surface area contributed by atoms with Gasteiger partial charge in [-0.15, -0.1) is 0 Å². The Balaban J connectivity index is 2.92. The van der Waals surface area contributed by atoms with Crippen LogP contribution in [0.15, 0.2) is 12.2 Å². The summed E-state index contributed by atoms with van der Waals surface area (Å²) in [7, 11) is 0. The molecule has 0 unspecified atom stereocenters. The minimum Gasteiger partial charge on any atom is -0.0917 e. The number of rotatable bonds is 16. The van der Waals surface area contributed by atoms with Crippen LogP contribution in [0.5, 0.6) is 0 Å². The molecule has 0 amide bonds. The molecule has 1 radical (unpaired) electrons. The molecule has 0 aliphatic heterocycles. The molecule has 0 atom stereocenters. The standard InChI is InChI=1S/C20H39/c1-3-5-7-9-11-13-15-17-19-20-18-16-14-12-10-8-6-4-2/h4,6H,1,3,5,7-20H2,2H3. The quantitative estimate of drug-likeness (QED) is 0.201. The molecule has 0 aliphatic rings. The third-order valence-corrected chi connectivity index (χ3v) is 4.11. The van der Waals surface area contributed by atoms with Crippen LogP contribution in [0.1, 0.15) is 110 Å². The van der Waals surface area contributed by atoms with Crippen LogP contribution in [-0.2, 0) is 0 Å². The fourth-order valence-electron chi connectivity index (χ4n) is 2.73. The first kappa shape index (κ1) is 19.7. The molecular formula is C20H39. The van der Waals surface area contributed by atoms with E-state index in [0.717, 1.165) is 6.42 Å². The predicted octanol–water partition coefficient (Wildman–Crippen LogP) is 7.64. The van der Waals surface area contributed by atoms with Gasteiger partial charge in [0, 0.05) is 0 Å². The molecular weight excluding hydrogens is 240 g/mol. The fourth-order valence-corrected chi connectivity index (χ4v) is 2.73. The molecule has 119 valence electrons. The monoisotopic (exact) mass is 279 g/mol. The normalized spacial score (nSPS) is 11.5. The van der Waals surface area contributed by atoms with Crippen molar-refractivity contribution in [1.29, 1.82) is 0 Å². The first-order chi connectivity index (χ1) is 9.91. The van der Waals surface area contributed by atoms with Crippen LogP contribution < -0.4 is 0 Å². The van der Waals surface area contributed by atoms with E-state index in [1.54, 1.807) is 0 Å². The summed E-state index contributed by atoms with van der Waals surface area (Å²) in [5.74, 6) is 0. The van der Waals surface area contributed by atoms with Gasteiger partial charge in [0.1, 0.15) is 0 Å². The van der Waals surface area contributed by atoms with Crippen molar-refractivity contribution in [2.75, 3.05) is 0 Å². The van der Waals surface area contributed by atoms with E-state index in [4.69, 9.17) is 0 Å². The van der Waals surface area contributed by atoms with E-state index in [1.165, 1.54) is 96.3 Å². The van der Waals surface area contributed by atoms with Crippen LogP contribution in [0.3, 0.4) is 0 Å². The topological polar surface area (TPSA) is 0 Å². The van der Waals surface area contributed by atoms with Gasteiger partial charge in [0.05, 0.1) is 0 Å². The van der Waals surface area contributed by atoms with Crippen molar-refractivity contribution in [2.45, 2.75) is 110 Å². The Morgan fingerprint density at radius 2 is 0.900 bits per heavy atom. The van der Waals surface area contributed by atoms with Crippen LogP contribution in [0.4, 0.5) is 0 Å². The molecule has 0 heterocycles. The average Bonchev–Trinajstić information content (AvgIpc) is 2.47. The third kappa shape index (κ3) is 17.7. The average molecular weight is 280 g/mol. The molecule has 0 saturated carbocycles. The van der Waals surface area contributed by atoms with Crippen LogP contribution in [0, 0.1) is 6.92 Å². The van der Waals surface area contributed by atoms with E-state index in [2.05, 4.69) is 26.0 Å². The van der Waals surface area contributed by atoms with Gasteiger partial charge < -0.3 is 0 Å². The van der Waals surface area contributed by atoms with Crippen LogP contribution in [0.2, 0.25) is 0 Å². The number of allylic oxidation sites excluding steroid dienone is 2.